The van der Waals surface area contributed by atoms with E-state index in [0.717, 1.165) is 22.2 Å². The van der Waals surface area contributed by atoms with E-state index in [9.17, 15) is 9.59 Å². The van der Waals surface area contributed by atoms with Gasteiger partial charge in [-0.15, -0.1) is 0 Å². The summed E-state index contributed by atoms with van der Waals surface area (Å²) in [5, 5.41) is 9.05. The van der Waals surface area contributed by atoms with Gasteiger partial charge in [-0.3, -0.25) is 14.5 Å². The molecule has 2 aromatic carbocycles. The predicted molar refractivity (Wildman–Crippen MR) is 121 cm³/mol. The van der Waals surface area contributed by atoms with E-state index in [4.69, 9.17) is 16.7 Å². The first-order chi connectivity index (χ1) is 15.0. The minimum absolute atomic E-state index is 0.105. The Bertz CT molecular complexity index is 1320. The molecule has 0 bridgehead atoms. The van der Waals surface area contributed by atoms with Gasteiger partial charge in [0.2, 0.25) is 11.8 Å². The highest BCUT2D eigenvalue weighted by molar-refractivity contribution is 6.33. The van der Waals surface area contributed by atoms with Crippen molar-refractivity contribution in [3.8, 4) is 11.3 Å². The zero-order chi connectivity index (χ0) is 21.5. The van der Waals surface area contributed by atoms with Crippen LogP contribution in [-0.2, 0) is 23.2 Å². The number of fused-ring (bicyclic) bond motifs is 2. The van der Waals surface area contributed by atoms with Crippen molar-refractivity contribution in [3.63, 3.8) is 0 Å². The molecule has 1 aliphatic rings. The van der Waals surface area contributed by atoms with Gasteiger partial charge in [0.25, 0.3) is 0 Å². The zero-order valence-electron chi connectivity index (χ0n) is 16.9. The largest absolute Gasteiger partial charge is 0.350 e. The number of amides is 2. The SMILES string of the molecule is Cn1cc(-c2cc3n(n2)CCC(=O)N3CC(=O)Nc2ccccc2Cl)c2ccccc21. The van der Waals surface area contributed by atoms with Crippen LogP contribution in [0.3, 0.4) is 0 Å². The molecule has 0 atom stereocenters. The summed E-state index contributed by atoms with van der Waals surface area (Å²) in [4.78, 5) is 26.8. The monoisotopic (exact) mass is 433 g/mol. The first-order valence-electron chi connectivity index (χ1n) is 9.98. The molecule has 0 fully saturated rings. The maximum atomic E-state index is 12.6. The van der Waals surface area contributed by atoms with Crippen LogP contribution in [0.25, 0.3) is 22.2 Å². The zero-order valence-corrected chi connectivity index (χ0v) is 17.6. The summed E-state index contributed by atoms with van der Waals surface area (Å²) < 4.78 is 3.85. The lowest BCUT2D eigenvalue weighted by Gasteiger charge is -2.26. The number of hydrogen-bond donors (Lipinski definition) is 1. The lowest BCUT2D eigenvalue weighted by atomic mass is 10.1. The molecule has 31 heavy (non-hydrogen) atoms. The molecular formula is C23H20ClN5O2. The van der Waals surface area contributed by atoms with E-state index in [-0.39, 0.29) is 18.4 Å². The number of carbonyl (C=O) groups is 2. The van der Waals surface area contributed by atoms with E-state index >= 15 is 0 Å². The highest BCUT2D eigenvalue weighted by Crippen LogP contribution is 2.33. The van der Waals surface area contributed by atoms with Crippen LogP contribution in [0.4, 0.5) is 11.5 Å². The number of aryl methyl sites for hydroxylation is 2. The third-order valence-electron chi connectivity index (χ3n) is 5.50. The molecule has 0 spiro atoms. The fourth-order valence-electron chi connectivity index (χ4n) is 4.00. The molecule has 2 aromatic heterocycles. The first-order valence-corrected chi connectivity index (χ1v) is 10.4. The standard InChI is InChI=1S/C23H20ClN5O2/c1-27-13-16(15-6-2-5-9-20(15)27)19-12-22-28(23(31)10-11-29(22)26-19)14-21(30)25-18-8-4-3-7-17(18)24/h2-9,12-13H,10-11,14H2,1H3,(H,25,30). The second-order valence-corrected chi connectivity index (χ2v) is 7.95. The van der Waals surface area contributed by atoms with Gasteiger partial charge < -0.3 is 9.88 Å². The van der Waals surface area contributed by atoms with Crippen LogP contribution >= 0.6 is 11.6 Å². The maximum absolute atomic E-state index is 12.6. The summed E-state index contributed by atoms with van der Waals surface area (Å²) in [6, 6.07) is 17.0. The average molecular weight is 434 g/mol. The fraction of sp³-hybridized carbons (Fsp3) is 0.174. The molecule has 8 heteroatoms. The number of carbonyl (C=O) groups excluding carboxylic acids is 2. The molecule has 5 rings (SSSR count). The minimum atomic E-state index is -0.317. The Morgan fingerprint density at radius 2 is 1.94 bits per heavy atom. The second-order valence-electron chi connectivity index (χ2n) is 7.54. The van der Waals surface area contributed by atoms with Crippen molar-refractivity contribution in [2.45, 2.75) is 13.0 Å². The molecule has 0 saturated carbocycles. The lowest BCUT2D eigenvalue weighted by molar-refractivity contribution is -0.122. The van der Waals surface area contributed by atoms with Crippen LogP contribution in [0, 0.1) is 0 Å². The third kappa shape index (κ3) is 3.47. The molecule has 1 N–H and O–H groups in total. The highest BCUT2D eigenvalue weighted by Gasteiger charge is 2.29. The first kappa shape index (κ1) is 19.4. The summed E-state index contributed by atoms with van der Waals surface area (Å²) in [5.41, 5.74) is 3.39. The number of nitrogens with zero attached hydrogens (tertiary/aromatic N) is 4. The van der Waals surface area contributed by atoms with Gasteiger partial charge in [-0.2, -0.15) is 5.10 Å². The lowest BCUT2D eigenvalue weighted by Crippen LogP contribution is -2.42. The molecule has 4 aromatic rings. The van der Waals surface area contributed by atoms with Gasteiger partial charge in [-0.05, 0) is 18.2 Å². The van der Waals surface area contributed by atoms with Crippen molar-refractivity contribution in [2.24, 2.45) is 7.05 Å². The van der Waals surface area contributed by atoms with Crippen LogP contribution in [-0.4, -0.2) is 32.7 Å². The number of para-hydroxylation sites is 2. The molecule has 0 aliphatic carbocycles. The Morgan fingerprint density at radius 3 is 2.77 bits per heavy atom. The minimum Gasteiger partial charge on any atom is -0.350 e. The van der Waals surface area contributed by atoms with Gasteiger partial charge in [-0.1, -0.05) is 41.9 Å². The summed E-state index contributed by atoms with van der Waals surface area (Å²) in [6.07, 6.45) is 2.33. The normalized spacial score (nSPS) is 13.5. The molecular weight excluding hydrogens is 414 g/mol. The van der Waals surface area contributed by atoms with E-state index in [1.165, 1.54) is 4.90 Å². The molecule has 1 aliphatic heterocycles. The second kappa shape index (κ2) is 7.59. The van der Waals surface area contributed by atoms with Crippen molar-refractivity contribution in [1.29, 1.82) is 0 Å². The van der Waals surface area contributed by atoms with E-state index in [1.807, 2.05) is 31.4 Å². The van der Waals surface area contributed by atoms with Gasteiger partial charge >= 0.3 is 0 Å². The van der Waals surface area contributed by atoms with Crippen molar-refractivity contribution < 1.29 is 9.59 Å². The molecule has 0 unspecified atom stereocenters. The Hall–Kier alpha value is -3.58. The van der Waals surface area contributed by atoms with Crippen LogP contribution in [0.5, 0.6) is 0 Å². The predicted octanol–water partition coefficient (Wildman–Crippen LogP) is 4.07. The Labute approximate surface area is 183 Å². The van der Waals surface area contributed by atoms with Gasteiger partial charge in [0.1, 0.15) is 12.4 Å². The van der Waals surface area contributed by atoms with Crippen LogP contribution < -0.4 is 10.2 Å². The third-order valence-corrected chi connectivity index (χ3v) is 5.83. The number of rotatable bonds is 4. The topological polar surface area (TPSA) is 72.2 Å². The number of halogens is 1. The van der Waals surface area contributed by atoms with Crippen LogP contribution in [0.15, 0.2) is 60.8 Å². The quantitative estimate of drug-likeness (QED) is 0.527. The summed E-state index contributed by atoms with van der Waals surface area (Å²) in [6.45, 7) is 0.381. The molecule has 3 heterocycles. The van der Waals surface area contributed by atoms with Crippen molar-refractivity contribution in [3.05, 3.63) is 65.8 Å². The molecule has 7 nitrogen and oxygen atoms in total. The molecule has 2 amide bonds. The van der Waals surface area contributed by atoms with Crippen molar-refractivity contribution in [1.82, 2.24) is 14.3 Å². The Kier molecular flexibility index (Phi) is 4.75. The van der Waals surface area contributed by atoms with Crippen molar-refractivity contribution in [2.75, 3.05) is 16.8 Å². The van der Waals surface area contributed by atoms with Crippen LogP contribution in [0.1, 0.15) is 6.42 Å². The van der Waals surface area contributed by atoms with E-state index in [0.29, 0.717) is 29.5 Å². The average Bonchev–Trinajstić information content (AvgIpc) is 3.34. The fourth-order valence-corrected chi connectivity index (χ4v) is 4.18. The number of hydrogen-bond acceptors (Lipinski definition) is 3. The smallest absolute Gasteiger partial charge is 0.244 e. The van der Waals surface area contributed by atoms with Crippen molar-refractivity contribution >= 4 is 45.8 Å². The Morgan fingerprint density at radius 1 is 1.16 bits per heavy atom. The van der Waals surface area contributed by atoms with Gasteiger partial charge in [-0.25, -0.2) is 4.68 Å². The van der Waals surface area contributed by atoms with E-state index in [2.05, 4.69) is 22.0 Å². The van der Waals surface area contributed by atoms with E-state index < -0.39 is 0 Å². The van der Waals surface area contributed by atoms with Gasteiger partial charge in [0, 0.05) is 42.2 Å². The molecule has 156 valence electrons. The number of anilines is 2. The summed E-state index contributed by atoms with van der Waals surface area (Å²) in [5.74, 6) is 0.197. The Balaban J connectivity index is 1.46. The number of nitrogens with one attached hydrogen (secondary N) is 1. The molecule has 0 saturated heterocycles. The summed E-state index contributed by atoms with van der Waals surface area (Å²) in [7, 11) is 2.00. The summed E-state index contributed by atoms with van der Waals surface area (Å²) >= 11 is 6.13. The molecule has 0 radical (unpaired) electrons. The highest BCUT2D eigenvalue weighted by atomic mass is 35.5. The van der Waals surface area contributed by atoms with E-state index in [1.54, 1.807) is 28.9 Å². The number of benzene rings is 2. The van der Waals surface area contributed by atoms with Gasteiger partial charge in [0.05, 0.1) is 22.9 Å². The van der Waals surface area contributed by atoms with Crippen LogP contribution in [0.2, 0.25) is 5.02 Å². The maximum Gasteiger partial charge on any atom is 0.244 e. The number of aromatic nitrogens is 3. The van der Waals surface area contributed by atoms with Gasteiger partial charge in [0.15, 0.2) is 0 Å².